The van der Waals surface area contributed by atoms with Crippen molar-refractivity contribution in [3.05, 3.63) is 104 Å². The highest BCUT2D eigenvalue weighted by Gasteiger charge is 2.42. The van der Waals surface area contributed by atoms with Crippen molar-refractivity contribution < 1.29 is 18.7 Å². The van der Waals surface area contributed by atoms with Gasteiger partial charge in [0, 0.05) is 11.6 Å². The van der Waals surface area contributed by atoms with Gasteiger partial charge in [0.2, 0.25) is 5.76 Å². The monoisotopic (exact) mass is 475 g/mol. The molecule has 1 aliphatic rings. The minimum atomic E-state index is -0.578. The first kappa shape index (κ1) is 22.0. The van der Waals surface area contributed by atoms with Gasteiger partial charge in [0.1, 0.15) is 17.1 Å². The summed E-state index contributed by atoms with van der Waals surface area (Å²) in [6.07, 6.45) is 0.607. The standard InChI is InChI=1S/C27H22ClNO5/c1-32-19-8-3-16(4-9-19)13-14-29-24(17-5-10-20(33-2)11-6-17)23-25(30)21-15-18(28)7-12-22(21)34-26(23)27(29)31/h3-12,15,24H,13-14H2,1-2H3/t24-/m0/s1. The summed E-state index contributed by atoms with van der Waals surface area (Å²) in [5, 5.41) is 0.788. The average Bonchev–Trinajstić information content (AvgIpc) is 3.15. The molecule has 7 heteroatoms. The van der Waals surface area contributed by atoms with E-state index in [-0.39, 0.29) is 17.1 Å². The number of benzene rings is 3. The zero-order chi connectivity index (χ0) is 23.8. The molecule has 0 spiro atoms. The summed E-state index contributed by atoms with van der Waals surface area (Å²) in [4.78, 5) is 28.8. The minimum absolute atomic E-state index is 0.0790. The molecule has 6 nitrogen and oxygen atoms in total. The molecule has 0 saturated carbocycles. The molecule has 0 aliphatic carbocycles. The average molecular weight is 476 g/mol. The zero-order valence-electron chi connectivity index (χ0n) is 18.7. The van der Waals surface area contributed by atoms with Gasteiger partial charge >= 0.3 is 0 Å². The number of halogens is 1. The van der Waals surface area contributed by atoms with E-state index in [1.807, 2.05) is 48.5 Å². The number of hydrogen-bond donors (Lipinski definition) is 0. The third-order valence-corrected chi connectivity index (χ3v) is 6.39. The zero-order valence-corrected chi connectivity index (χ0v) is 19.5. The lowest BCUT2D eigenvalue weighted by atomic mass is 9.98. The van der Waals surface area contributed by atoms with Gasteiger partial charge in [-0.15, -0.1) is 0 Å². The predicted molar refractivity (Wildman–Crippen MR) is 130 cm³/mol. The molecule has 0 unspecified atom stereocenters. The Balaban J connectivity index is 1.59. The Kier molecular flexibility index (Phi) is 5.75. The molecular weight excluding hydrogens is 454 g/mol. The number of carbonyl (C=O) groups excluding carboxylic acids is 1. The number of carbonyl (C=O) groups is 1. The summed E-state index contributed by atoms with van der Waals surface area (Å²) >= 11 is 6.14. The van der Waals surface area contributed by atoms with E-state index in [0.29, 0.717) is 40.3 Å². The van der Waals surface area contributed by atoms with E-state index in [0.717, 1.165) is 16.9 Å². The molecule has 4 aromatic rings. The van der Waals surface area contributed by atoms with Gasteiger partial charge in [0.05, 0.1) is 31.2 Å². The molecule has 1 aliphatic heterocycles. The van der Waals surface area contributed by atoms with Gasteiger partial charge in [0.25, 0.3) is 5.91 Å². The van der Waals surface area contributed by atoms with Gasteiger partial charge in [-0.05, 0) is 60.0 Å². The van der Waals surface area contributed by atoms with Crippen molar-refractivity contribution in [2.24, 2.45) is 0 Å². The third-order valence-electron chi connectivity index (χ3n) is 6.16. The van der Waals surface area contributed by atoms with Crippen LogP contribution >= 0.6 is 11.6 Å². The van der Waals surface area contributed by atoms with E-state index < -0.39 is 6.04 Å². The second-order valence-corrected chi connectivity index (χ2v) is 8.52. The van der Waals surface area contributed by atoms with Crippen LogP contribution in [-0.2, 0) is 6.42 Å². The maximum absolute atomic E-state index is 13.6. The number of amides is 1. The van der Waals surface area contributed by atoms with Crippen molar-refractivity contribution in [2.45, 2.75) is 12.5 Å². The molecule has 0 fully saturated rings. The Hall–Kier alpha value is -3.77. The lowest BCUT2D eigenvalue weighted by Gasteiger charge is -2.25. The van der Waals surface area contributed by atoms with Gasteiger partial charge in [-0.2, -0.15) is 0 Å². The van der Waals surface area contributed by atoms with Crippen LogP contribution in [0.4, 0.5) is 0 Å². The number of nitrogens with zero attached hydrogens (tertiary/aromatic N) is 1. The van der Waals surface area contributed by atoms with E-state index in [1.165, 1.54) is 0 Å². The fourth-order valence-corrected chi connectivity index (χ4v) is 4.57. The molecule has 5 rings (SSSR count). The first-order valence-electron chi connectivity index (χ1n) is 10.8. The van der Waals surface area contributed by atoms with E-state index in [1.54, 1.807) is 37.3 Å². The Morgan fingerprint density at radius 3 is 2.21 bits per heavy atom. The molecule has 1 atom stereocenters. The van der Waals surface area contributed by atoms with Crippen molar-refractivity contribution in [1.29, 1.82) is 0 Å². The van der Waals surface area contributed by atoms with Crippen molar-refractivity contribution >= 4 is 28.5 Å². The molecule has 0 saturated heterocycles. The highest BCUT2D eigenvalue weighted by molar-refractivity contribution is 6.31. The molecular formula is C27H22ClNO5. The van der Waals surface area contributed by atoms with Crippen molar-refractivity contribution in [3.63, 3.8) is 0 Å². The summed E-state index contributed by atoms with van der Waals surface area (Å²) in [5.74, 6) is 1.23. The van der Waals surface area contributed by atoms with Crippen molar-refractivity contribution in [1.82, 2.24) is 4.90 Å². The summed E-state index contributed by atoms with van der Waals surface area (Å²) in [7, 11) is 3.21. The lowest BCUT2D eigenvalue weighted by Crippen LogP contribution is -2.31. The van der Waals surface area contributed by atoms with Crippen molar-refractivity contribution in [2.75, 3.05) is 20.8 Å². The van der Waals surface area contributed by atoms with Crippen molar-refractivity contribution in [3.8, 4) is 11.5 Å². The van der Waals surface area contributed by atoms with E-state index in [2.05, 4.69) is 0 Å². The lowest BCUT2D eigenvalue weighted by molar-refractivity contribution is 0.0730. The predicted octanol–water partition coefficient (Wildman–Crippen LogP) is 5.25. The molecule has 34 heavy (non-hydrogen) atoms. The summed E-state index contributed by atoms with van der Waals surface area (Å²) in [6, 6.07) is 19.3. The van der Waals surface area contributed by atoms with Gasteiger partial charge in [-0.1, -0.05) is 35.9 Å². The Morgan fingerprint density at radius 2 is 1.56 bits per heavy atom. The fourth-order valence-electron chi connectivity index (χ4n) is 4.40. The third kappa shape index (κ3) is 3.80. The van der Waals surface area contributed by atoms with Gasteiger partial charge in [-0.3, -0.25) is 9.59 Å². The van der Waals surface area contributed by atoms with Gasteiger partial charge in [-0.25, -0.2) is 0 Å². The van der Waals surface area contributed by atoms with Crippen LogP contribution in [0.1, 0.15) is 33.3 Å². The molecule has 1 amide bonds. The summed E-state index contributed by atoms with van der Waals surface area (Å²) in [6.45, 7) is 0.405. The highest BCUT2D eigenvalue weighted by atomic mass is 35.5. The number of fused-ring (bicyclic) bond motifs is 2. The number of rotatable bonds is 6. The molecule has 3 aromatic carbocycles. The Morgan fingerprint density at radius 1 is 0.912 bits per heavy atom. The van der Waals surface area contributed by atoms with E-state index >= 15 is 0 Å². The number of ether oxygens (including phenoxy) is 2. The Labute approximate surface area is 201 Å². The molecule has 0 N–H and O–H groups in total. The van der Waals surface area contributed by atoms with Gasteiger partial charge < -0.3 is 18.8 Å². The van der Waals surface area contributed by atoms with Crippen LogP contribution in [0.3, 0.4) is 0 Å². The summed E-state index contributed by atoms with van der Waals surface area (Å²) in [5.41, 5.74) is 2.28. The van der Waals surface area contributed by atoms with Crippen LogP contribution in [0.15, 0.2) is 75.9 Å². The number of hydrogen-bond acceptors (Lipinski definition) is 5. The second kappa shape index (κ2) is 8.88. The second-order valence-electron chi connectivity index (χ2n) is 8.09. The van der Waals surface area contributed by atoms with Crippen LogP contribution in [0.5, 0.6) is 11.5 Å². The normalized spacial score (nSPS) is 15.0. The molecule has 0 bridgehead atoms. The van der Waals surface area contributed by atoms with Crippen LogP contribution in [0.25, 0.3) is 11.0 Å². The first-order chi connectivity index (χ1) is 16.5. The topological polar surface area (TPSA) is 69.0 Å². The van der Waals surface area contributed by atoms with E-state index in [9.17, 15) is 9.59 Å². The van der Waals surface area contributed by atoms with Crippen LogP contribution < -0.4 is 14.9 Å². The molecule has 172 valence electrons. The molecule has 0 radical (unpaired) electrons. The maximum atomic E-state index is 13.6. The fraction of sp³-hybridized carbons (Fsp3) is 0.185. The highest BCUT2D eigenvalue weighted by Crippen LogP contribution is 2.39. The smallest absolute Gasteiger partial charge is 0.290 e. The first-order valence-corrected chi connectivity index (χ1v) is 11.2. The molecule has 1 aromatic heterocycles. The van der Waals surface area contributed by atoms with Crippen LogP contribution in [-0.4, -0.2) is 31.6 Å². The van der Waals surface area contributed by atoms with E-state index in [4.69, 9.17) is 25.5 Å². The Bertz CT molecular complexity index is 1430. The van der Waals surface area contributed by atoms with Gasteiger partial charge in [0.15, 0.2) is 5.43 Å². The minimum Gasteiger partial charge on any atom is -0.497 e. The SMILES string of the molecule is COc1ccc(CCN2C(=O)c3oc4ccc(Cl)cc4c(=O)c3[C@@H]2c2ccc(OC)cc2)cc1. The van der Waals surface area contributed by atoms with Crippen LogP contribution in [0, 0.1) is 0 Å². The maximum Gasteiger partial charge on any atom is 0.290 e. The summed E-state index contributed by atoms with van der Waals surface area (Å²) < 4.78 is 16.5. The largest absolute Gasteiger partial charge is 0.497 e. The molecule has 2 heterocycles. The quantitative estimate of drug-likeness (QED) is 0.381. The number of methoxy groups -OCH3 is 2. The van der Waals surface area contributed by atoms with Crippen LogP contribution in [0.2, 0.25) is 5.02 Å².